The van der Waals surface area contributed by atoms with Gasteiger partial charge in [0.25, 0.3) is 9.05 Å². The Morgan fingerprint density at radius 2 is 1.82 bits per heavy atom. The van der Waals surface area contributed by atoms with Crippen molar-refractivity contribution in [2.45, 2.75) is 4.90 Å². The van der Waals surface area contributed by atoms with Gasteiger partial charge in [-0.05, 0) is 18.2 Å². The van der Waals surface area contributed by atoms with Crippen LogP contribution in [0.1, 0.15) is 0 Å². The molecule has 17 heavy (non-hydrogen) atoms. The third kappa shape index (κ3) is 3.18. The molecule has 0 saturated carbocycles. The quantitative estimate of drug-likeness (QED) is 0.804. The molecule has 88 valence electrons. The summed E-state index contributed by atoms with van der Waals surface area (Å²) in [4.78, 5) is 3.86. The number of pyridine rings is 1. The highest BCUT2D eigenvalue weighted by molar-refractivity contribution is 8.13. The van der Waals surface area contributed by atoms with Crippen LogP contribution in [0.3, 0.4) is 0 Å². The molecule has 0 amide bonds. The van der Waals surface area contributed by atoms with Gasteiger partial charge >= 0.3 is 0 Å². The molecule has 0 aliphatic heterocycles. The average Bonchev–Trinajstić information content (AvgIpc) is 2.29. The van der Waals surface area contributed by atoms with Crippen LogP contribution in [0.2, 0.25) is 0 Å². The molecule has 0 bridgehead atoms. The predicted molar refractivity (Wildman–Crippen MR) is 63.8 cm³/mol. The summed E-state index contributed by atoms with van der Waals surface area (Å²) >= 11 is 0. The van der Waals surface area contributed by atoms with E-state index in [2.05, 4.69) is 4.98 Å². The molecule has 0 fully saturated rings. The fraction of sp³-hybridized carbons (Fsp3) is 0. The maximum Gasteiger partial charge on any atom is 0.261 e. The molecule has 4 nitrogen and oxygen atoms in total. The third-order valence-electron chi connectivity index (χ3n) is 1.95. The Bertz CT molecular complexity index is 614. The van der Waals surface area contributed by atoms with Crippen molar-refractivity contribution < 1.29 is 13.2 Å². The summed E-state index contributed by atoms with van der Waals surface area (Å²) in [7, 11) is 1.46. The molecule has 0 saturated heterocycles. The van der Waals surface area contributed by atoms with Gasteiger partial charge in [-0.2, -0.15) is 0 Å². The van der Waals surface area contributed by atoms with Gasteiger partial charge in [0, 0.05) is 22.9 Å². The predicted octanol–water partition coefficient (Wildman–Crippen LogP) is 2.80. The zero-order chi connectivity index (χ0) is 12.3. The van der Waals surface area contributed by atoms with Gasteiger partial charge in [0.05, 0.1) is 4.90 Å². The maximum atomic E-state index is 11.1. The van der Waals surface area contributed by atoms with E-state index in [0.29, 0.717) is 5.75 Å². The summed E-state index contributed by atoms with van der Waals surface area (Å²) in [5.74, 6) is 0.752. The van der Waals surface area contributed by atoms with E-state index in [4.69, 9.17) is 15.4 Å². The van der Waals surface area contributed by atoms with Crippen molar-refractivity contribution in [3.63, 3.8) is 0 Å². The molecule has 0 N–H and O–H groups in total. The van der Waals surface area contributed by atoms with Crippen LogP contribution in [0.25, 0.3) is 0 Å². The molecule has 0 aliphatic carbocycles. The first-order valence-electron chi connectivity index (χ1n) is 4.69. The third-order valence-corrected chi connectivity index (χ3v) is 3.31. The minimum absolute atomic E-state index is 0.0416. The lowest BCUT2D eigenvalue weighted by Crippen LogP contribution is -1.93. The number of nitrogens with zero attached hydrogens (tertiary/aromatic N) is 1. The minimum Gasteiger partial charge on any atom is -0.439 e. The summed E-state index contributed by atoms with van der Waals surface area (Å²) in [6, 6.07) is 11.5. The van der Waals surface area contributed by atoms with Gasteiger partial charge in [-0.25, -0.2) is 13.4 Å². The first-order chi connectivity index (χ1) is 8.05. The van der Waals surface area contributed by atoms with Crippen molar-refractivity contribution >= 4 is 19.7 Å². The zero-order valence-electron chi connectivity index (χ0n) is 8.58. The topological polar surface area (TPSA) is 56.3 Å². The van der Waals surface area contributed by atoms with Gasteiger partial charge in [-0.3, -0.25) is 0 Å². The Kier molecular flexibility index (Phi) is 3.31. The monoisotopic (exact) mass is 269 g/mol. The lowest BCUT2D eigenvalue weighted by atomic mass is 10.3. The smallest absolute Gasteiger partial charge is 0.261 e. The van der Waals surface area contributed by atoms with Crippen LogP contribution in [0.15, 0.2) is 53.6 Å². The van der Waals surface area contributed by atoms with Crippen molar-refractivity contribution in [2.75, 3.05) is 0 Å². The number of hydrogen-bond acceptors (Lipinski definition) is 4. The van der Waals surface area contributed by atoms with Gasteiger partial charge < -0.3 is 4.74 Å². The number of ether oxygens (including phenoxy) is 1. The van der Waals surface area contributed by atoms with Crippen molar-refractivity contribution in [1.82, 2.24) is 4.98 Å². The van der Waals surface area contributed by atoms with E-state index in [-0.39, 0.29) is 10.8 Å². The summed E-state index contributed by atoms with van der Waals surface area (Å²) in [6.07, 6.45) is 1.33. The second-order valence-corrected chi connectivity index (χ2v) is 5.75. The molecule has 1 heterocycles. The summed E-state index contributed by atoms with van der Waals surface area (Å²) in [5.41, 5.74) is 0. The number of hydrogen-bond donors (Lipinski definition) is 0. The first kappa shape index (κ1) is 11.9. The van der Waals surface area contributed by atoms with Crippen molar-refractivity contribution in [1.29, 1.82) is 0 Å². The SMILES string of the molecule is O=S(=O)(Cl)c1ccnc(Oc2ccccc2)c1. The molecule has 2 rings (SSSR count). The highest BCUT2D eigenvalue weighted by Crippen LogP contribution is 2.22. The van der Waals surface area contributed by atoms with Crippen LogP contribution in [-0.2, 0) is 9.05 Å². The number of aromatic nitrogens is 1. The zero-order valence-corrected chi connectivity index (χ0v) is 10.1. The number of para-hydroxylation sites is 1. The number of benzene rings is 1. The molecular formula is C11H8ClNO3S. The van der Waals surface area contributed by atoms with E-state index in [9.17, 15) is 8.42 Å². The number of rotatable bonds is 3. The molecule has 6 heteroatoms. The largest absolute Gasteiger partial charge is 0.439 e. The summed E-state index contributed by atoms with van der Waals surface area (Å²) < 4.78 is 27.6. The van der Waals surface area contributed by atoms with Gasteiger partial charge in [0.15, 0.2) is 0 Å². The molecule has 0 atom stereocenters. The lowest BCUT2D eigenvalue weighted by molar-refractivity contribution is 0.461. The van der Waals surface area contributed by atoms with E-state index >= 15 is 0 Å². The Labute approximate surface area is 103 Å². The van der Waals surface area contributed by atoms with Gasteiger partial charge in [0.2, 0.25) is 5.88 Å². The molecule has 0 aliphatic rings. The van der Waals surface area contributed by atoms with Crippen LogP contribution in [0, 0.1) is 0 Å². The first-order valence-corrected chi connectivity index (χ1v) is 7.00. The van der Waals surface area contributed by atoms with Gasteiger partial charge in [-0.1, -0.05) is 18.2 Å². The van der Waals surface area contributed by atoms with Crippen molar-refractivity contribution in [3.8, 4) is 11.6 Å². The fourth-order valence-corrected chi connectivity index (χ4v) is 1.96. The van der Waals surface area contributed by atoms with Crippen LogP contribution in [0.5, 0.6) is 11.6 Å². The second-order valence-electron chi connectivity index (χ2n) is 3.18. The van der Waals surface area contributed by atoms with Crippen molar-refractivity contribution in [2.24, 2.45) is 0 Å². The summed E-state index contributed by atoms with van der Waals surface area (Å²) in [6.45, 7) is 0. The Balaban J connectivity index is 2.29. The second kappa shape index (κ2) is 4.73. The Morgan fingerprint density at radius 1 is 1.12 bits per heavy atom. The fourth-order valence-electron chi connectivity index (χ4n) is 1.21. The average molecular weight is 270 g/mol. The van der Waals surface area contributed by atoms with E-state index in [0.717, 1.165) is 0 Å². The van der Waals surface area contributed by atoms with Crippen LogP contribution in [0.4, 0.5) is 0 Å². The molecule has 1 aromatic carbocycles. The normalized spacial score (nSPS) is 11.1. The van der Waals surface area contributed by atoms with Crippen molar-refractivity contribution in [3.05, 3.63) is 48.7 Å². The van der Waals surface area contributed by atoms with E-state index in [1.165, 1.54) is 18.3 Å². The molecule has 0 unspecified atom stereocenters. The highest BCUT2D eigenvalue weighted by atomic mass is 35.7. The molecule has 2 aromatic rings. The van der Waals surface area contributed by atoms with Gasteiger partial charge in [0.1, 0.15) is 5.75 Å². The van der Waals surface area contributed by atoms with E-state index < -0.39 is 9.05 Å². The van der Waals surface area contributed by atoms with E-state index in [1.807, 2.05) is 6.07 Å². The maximum absolute atomic E-state index is 11.1. The number of halogens is 1. The molecular weight excluding hydrogens is 262 g/mol. The molecule has 1 aromatic heterocycles. The van der Waals surface area contributed by atoms with Gasteiger partial charge in [-0.15, -0.1) is 0 Å². The van der Waals surface area contributed by atoms with Crippen LogP contribution in [-0.4, -0.2) is 13.4 Å². The Morgan fingerprint density at radius 3 is 2.47 bits per heavy atom. The molecule has 0 radical (unpaired) electrons. The van der Waals surface area contributed by atoms with Crippen LogP contribution < -0.4 is 4.74 Å². The minimum atomic E-state index is -3.77. The highest BCUT2D eigenvalue weighted by Gasteiger charge is 2.11. The summed E-state index contributed by atoms with van der Waals surface area (Å²) in [5, 5.41) is 0. The molecule has 0 spiro atoms. The van der Waals surface area contributed by atoms with E-state index in [1.54, 1.807) is 24.3 Å². The lowest BCUT2D eigenvalue weighted by Gasteiger charge is -2.04. The standard InChI is InChI=1S/C11H8ClNO3S/c12-17(14,15)10-6-7-13-11(8-10)16-9-4-2-1-3-5-9/h1-8H. The van der Waals surface area contributed by atoms with Crippen LogP contribution >= 0.6 is 10.7 Å². The Hall–Kier alpha value is -1.59.